The van der Waals surface area contributed by atoms with Crippen LogP contribution in [-0.2, 0) is 6.42 Å². The standard InChI is InChI=1S/C13H14BrN3O/c14-10-3-1-2-9(8-10)13-17-16-12(18-13)6-7-15-11-4-5-11/h1-3,8,11,15H,4-7H2. The quantitative estimate of drug-likeness (QED) is 0.923. The Kier molecular flexibility index (Phi) is 3.43. The fourth-order valence-electron chi connectivity index (χ4n) is 1.76. The van der Waals surface area contributed by atoms with Crippen molar-refractivity contribution in [1.29, 1.82) is 0 Å². The molecule has 0 aliphatic heterocycles. The number of nitrogens with zero attached hydrogens (tertiary/aromatic N) is 2. The zero-order chi connectivity index (χ0) is 12.4. The molecule has 0 radical (unpaired) electrons. The van der Waals surface area contributed by atoms with Crippen molar-refractivity contribution in [1.82, 2.24) is 15.5 Å². The molecule has 94 valence electrons. The van der Waals surface area contributed by atoms with Gasteiger partial charge in [0.2, 0.25) is 11.8 Å². The first-order valence-corrected chi connectivity index (χ1v) is 6.92. The monoisotopic (exact) mass is 307 g/mol. The predicted octanol–water partition coefficient (Wildman–Crippen LogP) is 2.79. The van der Waals surface area contributed by atoms with E-state index in [-0.39, 0.29) is 0 Å². The number of benzene rings is 1. The highest BCUT2D eigenvalue weighted by Crippen LogP contribution is 2.22. The molecule has 0 bridgehead atoms. The summed E-state index contributed by atoms with van der Waals surface area (Å²) in [6, 6.07) is 8.58. The Morgan fingerprint density at radius 1 is 1.33 bits per heavy atom. The van der Waals surface area contributed by atoms with Crippen LogP contribution >= 0.6 is 15.9 Å². The lowest BCUT2D eigenvalue weighted by atomic mass is 10.2. The second kappa shape index (κ2) is 5.20. The Bertz CT molecular complexity index is 537. The van der Waals surface area contributed by atoms with Gasteiger partial charge in [-0.05, 0) is 31.0 Å². The summed E-state index contributed by atoms with van der Waals surface area (Å²) in [6.07, 6.45) is 3.39. The Morgan fingerprint density at radius 3 is 3.00 bits per heavy atom. The minimum Gasteiger partial charge on any atom is -0.421 e. The first kappa shape index (κ1) is 11.9. The third-order valence-electron chi connectivity index (χ3n) is 2.89. The van der Waals surface area contributed by atoms with E-state index in [9.17, 15) is 0 Å². The third-order valence-corrected chi connectivity index (χ3v) is 3.38. The number of aromatic nitrogens is 2. The highest BCUT2D eigenvalue weighted by atomic mass is 79.9. The smallest absolute Gasteiger partial charge is 0.247 e. The predicted molar refractivity (Wildman–Crippen MR) is 72.2 cm³/mol. The first-order valence-electron chi connectivity index (χ1n) is 6.13. The molecule has 2 aromatic rings. The largest absolute Gasteiger partial charge is 0.421 e. The molecule has 3 rings (SSSR count). The van der Waals surface area contributed by atoms with Crippen LogP contribution in [0.4, 0.5) is 0 Å². The van der Waals surface area contributed by atoms with Gasteiger partial charge >= 0.3 is 0 Å². The van der Waals surface area contributed by atoms with E-state index in [0.717, 1.165) is 29.0 Å². The molecule has 1 saturated carbocycles. The maximum Gasteiger partial charge on any atom is 0.247 e. The number of rotatable bonds is 5. The lowest BCUT2D eigenvalue weighted by Gasteiger charge is -1.98. The van der Waals surface area contributed by atoms with E-state index in [1.165, 1.54) is 12.8 Å². The van der Waals surface area contributed by atoms with Crippen molar-refractivity contribution < 1.29 is 4.42 Å². The summed E-state index contributed by atoms with van der Waals surface area (Å²) in [5.74, 6) is 1.27. The molecule has 1 N–H and O–H groups in total. The molecule has 0 saturated heterocycles. The topological polar surface area (TPSA) is 51.0 Å². The van der Waals surface area contributed by atoms with Gasteiger partial charge in [0.05, 0.1) is 0 Å². The van der Waals surface area contributed by atoms with Crippen LogP contribution in [-0.4, -0.2) is 22.8 Å². The Balaban J connectivity index is 1.64. The maximum atomic E-state index is 5.64. The van der Waals surface area contributed by atoms with Crippen LogP contribution in [0, 0.1) is 0 Å². The van der Waals surface area contributed by atoms with Crippen molar-refractivity contribution in [3.63, 3.8) is 0 Å². The van der Waals surface area contributed by atoms with Crippen LogP contribution in [0.25, 0.3) is 11.5 Å². The molecule has 0 amide bonds. The van der Waals surface area contributed by atoms with Crippen molar-refractivity contribution >= 4 is 15.9 Å². The van der Waals surface area contributed by atoms with Crippen molar-refractivity contribution in [3.8, 4) is 11.5 Å². The summed E-state index contributed by atoms with van der Waals surface area (Å²) in [5.41, 5.74) is 0.943. The van der Waals surface area contributed by atoms with E-state index in [1.54, 1.807) is 0 Å². The summed E-state index contributed by atoms with van der Waals surface area (Å²) in [7, 11) is 0. The minimum absolute atomic E-state index is 0.581. The van der Waals surface area contributed by atoms with Crippen LogP contribution in [0.3, 0.4) is 0 Å². The zero-order valence-corrected chi connectivity index (χ0v) is 11.5. The number of hydrogen-bond acceptors (Lipinski definition) is 4. The SMILES string of the molecule is Brc1cccc(-c2nnc(CCNC3CC3)o2)c1. The van der Waals surface area contributed by atoms with Crippen LogP contribution in [0.15, 0.2) is 33.2 Å². The van der Waals surface area contributed by atoms with Gasteiger partial charge in [0.1, 0.15) is 0 Å². The molecule has 18 heavy (non-hydrogen) atoms. The van der Waals surface area contributed by atoms with Crippen LogP contribution in [0.2, 0.25) is 0 Å². The second-order valence-electron chi connectivity index (χ2n) is 4.49. The zero-order valence-electron chi connectivity index (χ0n) is 9.90. The van der Waals surface area contributed by atoms with Crippen molar-refractivity contribution in [2.75, 3.05) is 6.54 Å². The molecule has 0 spiro atoms. The highest BCUT2D eigenvalue weighted by molar-refractivity contribution is 9.10. The molecule has 1 aliphatic rings. The summed E-state index contributed by atoms with van der Waals surface area (Å²) in [5, 5.41) is 11.6. The number of halogens is 1. The third kappa shape index (κ3) is 2.97. The molecular weight excluding hydrogens is 294 g/mol. The van der Waals surface area contributed by atoms with Gasteiger partial charge in [0, 0.05) is 29.0 Å². The number of hydrogen-bond donors (Lipinski definition) is 1. The molecule has 4 nitrogen and oxygen atoms in total. The first-order chi connectivity index (χ1) is 8.81. The second-order valence-corrected chi connectivity index (χ2v) is 5.41. The van der Waals surface area contributed by atoms with E-state index in [2.05, 4.69) is 31.4 Å². The van der Waals surface area contributed by atoms with Gasteiger partial charge in [0.15, 0.2) is 0 Å². The van der Waals surface area contributed by atoms with Crippen LogP contribution in [0.5, 0.6) is 0 Å². The normalized spacial score (nSPS) is 14.9. The molecule has 1 aromatic heterocycles. The van der Waals surface area contributed by atoms with Gasteiger partial charge in [-0.3, -0.25) is 0 Å². The van der Waals surface area contributed by atoms with Gasteiger partial charge in [-0.1, -0.05) is 22.0 Å². The van der Waals surface area contributed by atoms with E-state index >= 15 is 0 Å². The van der Waals surface area contributed by atoms with E-state index in [1.807, 2.05) is 24.3 Å². The molecular formula is C13H14BrN3O. The van der Waals surface area contributed by atoms with E-state index in [0.29, 0.717) is 11.8 Å². The summed E-state index contributed by atoms with van der Waals surface area (Å²) in [4.78, 5) is 0. The van der Waals surface area contributed by atoms with Gasteiger partial charge in [-0.2, -0.15) is 0 Å². The van der Waals surface area contributed by atoms with Gasteiger partial charge in [0.25, 0.3) is 0 Å². The Labute approximate surface area is 114 Å². The summed E-state index contributed by atoms with van der Waals surface area (Å²) < 4.78 is 6.65. The number of nitrogens with one attached hydrogen (secondary N) is 1. The molecule has 1 aliphatic carbocycles. The van der Waals surface area contributed by atoms with E-state index in [4.69, 9.17) is 4.42 Å². The molecule has 0 atom stereocenters. The van der Waals surface area contributed by atoms with Crippen molar-refractivity contribution in [3.05, 3.63) is 34.6 Å². The lowest BCUT2D eigenvalue weighted by molar-refractivity contribution is 0.494. The molecule has 1 fully saturated rings. The average molecular weight is 308 g/mol. The Hall–Kier alpha value is -1.20. The van der Waals surface area contributed by atoms with Crippen molar-refractivity contribution in [2.24, 2.45) is 0 Å². The summed E-state index contributed by atoms with van der Waals surface area (Å²) in [6.45, 7) is 0.908. The van der Waals surface area contributed by atoms with Crippen LogP contribution in [0.1, 0.15) is 18.7 Å². The fourth-order valence-corrected chi connectivity index (χ4v) is 2.16. The molecule has 1 aromatic carbocycles. The highest BCUT2D eigenvalue weighted by Gasteiger charge is 2.20. The fraction of sp³-hybridized carbons (Fsp3) is 0.385. The summed E-state index contributed by atoms with van der Waals surface area (Å²) >= 11 is 3.43. The average Bonchev–Trinajstić information content (AvgIpc) is 3.06. The lowest BCUT2D eigenvalue weighted by Crippen LogP contribution is -2.19. The maximum absolute atomic E-state index is 5.64. The van der Waals surface area contributed by atoms with Gasteiger partial charge in [-0.25, -0.2) is 0 Å². The molecule has 5 heteroatoms. The van der Waals surface area contributed by atoms with Crippen LogP contribution < -0.4 is 5.32 Å². The van der Waals surface area contributed by atoms with Gasteiger partial charge in [-0.15, -0.1) is 10.2 Å². The van der Waals surface area contributed by atoms with E-state index < -0.39 is 0 Å². The minimum atomic E-state index is 0.581. The Morgan fingerprint density at radius 2 is 2.22 bits per heavy atom. The molecule has 1 heterocycles. The molecule has 0 unspecified atom stereocenters. The van der Waals surface area contributed by atoms with Crippen molar-refractivity contribution in [2.45, 2.75) is 25.3 Å². The van der Waals surface area contributed by atoms with Gasteiger partial charge < -0.3 is 9.73 Å².